The summed E-state index contributed by atoms with van der Waals surface area (Å²) in [7, 11) is 0. The molecule has 24 heavy (non-hydrogen) atoms. The van der Waals surface area contributed by atoms with E-state index in [-0.39, 0.29) is 18.7 Å². The molecule has 0 aromatic carbocycles. The van der Waals surface area contributed by atoms with Crippen molar-refractivity contribution in [3.05, 3.63) is 38.8 Å². The van der Waals surface area contributed by atoms with E-state index in [0.29, 0.717) is 38.8 Å². The van der Waals surface area contributed by atoms with Crippen LogP contribution in [0.4, 0.5) is 0 Å². The summed E-state index contributed by atoms with van der Waals surface area (Å²) in [6.45, 7) is 5.79. The van der Waals surface area contributed by atoms with Gasteiger partial charge in [-0.1, -0.05) is 12.1 Å². The second kappa shape index (κ2) is 6.52. The lowest BCUT2D eigenvalue weighted by molar-refractivity contribution is 0.0531. The summed E-state index contributed by atoms with van der Waals surface area (Å²) in [4.78, 5) is 34.1. The molecule has 0 bridgehead atoms. The zero-order valence-electron chi connectivity index (χ0n) is 13.5. The molecule has 0 aliphatic heterocycles. The first kappa shape index (κ1) is 16.3. The van der Waals surface area contributed by atoms with Gasteiger partial charge in [-0.15, -0.1) is 11.3 Å². The van der Waals surface area contributed by atoms with Crippen molar-refractivity contribution >= 4 is 27.5 Å². The first-order chi connectivity index (χ1) is 11.5. The molecule has 3 aromatic heterocycles. The number of carbonyl (C=O) groups is 1. The van der Waals surface area contributed by atoms with Gasteiger partial charge < -0.3 is 9.26 Å². The molecular formula is C15H16N4O4S. The number of aromatic nitrogens is 4. The van der Waals surface area contributed by atoms with E-state index in [9.17, 15) is 9.59 Å². The van der Waals surface area contributed by atoms with Crippen LogP contribution in [0.5, 0.6) is 0 Å². The van der Waals surface area contributed by atoms with Gasteiger partial charge in [0, 0.05) is 6.42 Å². The fraction of sp³-hybridized carbons (Fsp3) is 0.400. The molecule has 126 valence electrons. The summed E-state index contributed by atoms with van der Waals surface area (Å²) >= 11 is 1.16. The minimum absolute atomic E-state index is 0.138. The Balaban J connectivity index is 2.02. The van der Waals surface area contributed by atoms with Crippen LogP contribution in [0.2, 0.25) is 0 Å². The lowest BCUT2D eigenvalue weighted by atomic mass is 10.2. The number of carbonyl (C=O) groups excluding carboxylic acids is 1. The molecule has 0 unspecified atom stereocenters. The highest BCUT2D eigenvalue weighted by molar-refractivity contribution is 7.20. The molecule has 0 saturated carbocycles. The number of esters is 1. The maximum atomic E-state index is 12.7. The summed E-state index contributed by atoms with van der Waals surface area (Å²) in [6.07, 6.45) is 2.08. The van der Waals surface area contributed by atoms with Crippen LogP contribution in [0.3, 0.4) is 0 Å². The highest BCUT2D eigenvalue weighted by Gasteiger charge is 2.20. The van der Waals surface area contributed by atoms with Crippen LogP contribution in [-0.4, -0.2) is 32.3 Å². The number of aryl methyl sites for hydroxylation is 2. The van der Waals surface area contributed by atoms with Crippen LogP contribution in [0, 0.1) is 6.92 Å². The van der Waals surface area contributed by atoms with Gasteiger partial charge in [0.05, 0.1) is 18.3 Å². The SMILES string of the molecule is CCOC(=O)c1sc2ncn(Cc3nc(CC)no3)c(=O)c2c1C. The van der Waals surface area contributed by atoms with Crippen LogP contribution in [0.1, 0.15) is 40.8 Å². The minimum atomic E-state index is -0.437. The molecule has 8 nitrogen and oxygen atoms in total. The lowest BCUT2D eigenvalue weighted by Crippen LogP contribution is -2.21. The molecular weight excluding hydrogens is 332 g/mol. The third-order valence-corrected chi connectivity index (χ3v) is 4.69. The Hall–Kier alpha value is -2.55. The number of nitrogens with zero attached hydrogens (tertiary/aromatic N) is 4. The molecule has 0 N–H and O–H groups in total. The smallest absolute Gasteiger partial charge is 0.348 e. The molecule has 0 radical (unpaired) electrons. The number of thiophene rings is 1. The van der Waals surface area contributed by atoms with Gasteiger partial charge in [0.15, 0.2) is 5.82 Å². The minimum Gasteiger partial charge on any atom is -0.462 e. The van der Waals surface area contributed by atoms with Crippen LogP contribution in [0.15, 0.2) is 15.6 Å². The molecule has 3 heterocycles. The molecule has 0 amide bonds. The van der Waals surface area contributed by atoms with Crippen molar-refractivity contribution in [1.82, 2.24) is 19.7 Å². The Morgan fingerprint density at radius 1 is 1.42 bits per heavy atom. The normalized spacial score (nSPS) is 11.1. The van der Waals surface area contributed by atoms with E-state index in [1.807, 2.05) is 6.92 Å². The van der Waals surface area contributed by atoms with Crippen molar-refractivity contribution in [3.63, 3.8) is 0 Å². The third kappa shape index (κ3) is 2.82. The largest absolute Gasteiger partial charge is 0.462 e. The average Bonchev–Trinajstić information content (AvgIpc) is 3.15. The van der Waals surface area contributed by atoms with E-state index >= 15 is 0 Å². The summed E-state index contributed by atoms with van der Waals surface area (Å²) in [5.74, 6) is 0.491. The zero-order chi connectivity index (χ0) is 17.3. The highest BCUT2D eigenvalue weighted by atomic mass is 32.1. The van der Waals surface area contributed by atoms with Gasteiger partial charge in [0.1, 0.15) is 16.3 Å². The second-order valence-corrected chi connectivity index (χ2v) is 6.09. The molecule has 0 aliphatic rings. The molecule has 0 atom stereocenters. The Kier molecular flexibility index (Phi) is 4.43. The van der Waals surface area contributed by atoms with Crippen LogP contribution in [0.25, 0.3) is 10.2 Å². The number of hydrogen-bond donors (Lipinski definition) is 0. The first-order valence-electron chi connectivity index (χ1n) is 7.52. The molecule has 0 fully saturated rings. The predicted octanol–water partition coefficient (Wildman–Crippen LogP) is 1.94. The van der Waals surface area contributed by atoms with E-state index in [2.05, 4.69) is 15.1 Å². The third-order valence-electron chi connectivity index (χ3n) is 3.51. The molecule has 0 aliphatic carbocycles. The van der Waals surface area contributed by atoms with Gasteiger partial charge in [0.2, 0.25) is 5.89 Å². The van der Waals surface area contributed by atoms with Gasteiger partial charge in [0.25, 0.3) is 5.56 Å². The van der Waals surface area contributed by atoms with Crippen molar-refractivity contribution in [2.24, 2.45) is 0 Å². The number of rotatable bonds is 5. The maximum absolute atomic E-state index is 12.7. The maximum Gasteiger partial charge on any atom is 0.348 e. The van der Waals surface area contributed by atoms with Gasteiger partial charge >= 0.3 is 5.97 Å². The predicted molar refractivity (Wildman–Crippen MR) is 87.4 cm³/mol. The number of fused-ring (bicyclic) bond motifs is 1. The average molecular weight is 348 g/mol. The fourth-order valence-electron chi connectivity index (χ4n) is 2.31. The Bertz CT molecular complexity index is 956. The molecule has 3 aromatic rings. The molecule has 9 heteroatoms. The van der Waals surface area contributed by atoms with Gasteiger partial charge in [-0.25, -0.2) is 9.78 Å². The molecule has 0 saturated heterocycles. The van der Waals surface area contributed by atoms with Crippen LogP contribution >= 0.6 is 11.3 Å². The van der Waals surface area contributed by atoms with Crippen molar-refractivity contribution in [2.45, 2.75) is 33.7 Å². The lowest BCUT2D eigenvalue weighted by Gasteiger charge is -2.02. The number of ether oxygens (including phenoxy) is 1. The summed E-state index contributed by atoms with van der Waals surface area (Å²) in [5.41, 5.74) is 0.334. The van der Waals surface area contributed by atoms with Crippen molar-refractivity contribution in [1.29, 1.82) is 0 Å². The quantitative estimate of drug-likeness (QED) is 0.649. The van der Waals surface area contributed by atoms with E-state index in [1.165, 1.54) is 10.9 Å². The highest BCUT2D eigenvalue weighted by Crippen LogP contribution is 2.27. The first-order valence-corrected chi connectivity index (χ1v) is 8.33. The standard InChI is InChI=1S/C15H16N4O4S/c1-4-9-17-10(23-18-9)6-19-7-16-13-11(14(19)20)8(3)12(24-13)15(21)22-5-2/h7H,4-6H2,1-3H3. The zero-order valence-corrected chi connectivity index (χ0v) is 14.3. The van der Waals surface area contributed by atoms with Crippen molar-refractivity contribution < 1.29 is 14.1 Å². The van der Waals surface area contributed by atoms with Crippen LogP contribution < -0.4 is 5.56 Å². The van der Waals surface area contributed by atoms with E-state index < -0.39 is 5.97 Å². The fourth-order valence-corrected chi connectivity index (χ4v) is 3.34. The Morgan fingerprint density at radius 3 is 2.88 bits per heavy atom. The summed E-state index contributed by atoms with van der Waals surface area (Å²) in [5, 5.41) is 4.22. The Morgan fingerprint density at radius 2 is 2.21 bits per heavy atom. The van der Waals surface area contributed by atoms with E-state index in [0.717, 1.165) is 11.3 Å². The molecule has 0 spiro atoms. The van der Waals surface area contributed by atoms with Crippen molar-refractivity contribution in [2.75, 3.05) is 6.61 Å². The van der Waals surface area contributed by atoms with Crippen molar-refractivity contribution in [3.8, 4) is 0 Å². The second-order valence-electron chi connectivity index (χ2n) is 5.09. The summed E-state index contributed by atoms with van der Waals surface area (Å²) in [6, 6.07) is 0. The monoisotopic (exact) mass is 348 g/mol. The van der Waals surface area contributed by atoms with E-state index in [4.69, 9.17) is 9.26 Å². The van der Waals surface area contributed by atoms with E-state index in [1.54, 1.807) is 13.8 Å². The van der Waals surface area contributed by atoms with Gasteiger partial charge in [-0.3, -0.25) is 9.36 Å². The van der Waals surface area contributed by atoms with Crippen LogP contribution in [-0.2, 0) is 17.7 Å². The summed E-state index contributed by atoms with van der Waals surface area (Å²) < 4.78 is 11.5. The Labute approximate surface area is 141 Å². The number of hydrogen-bond acceptors (Lipinski definition) is 8. The van der Waals surface area contributed by atoms with Gasteiger partial charge in [-0.2, -0.15) is 4.98 Å². The topological polar surface area (TPSA) is 100 Å². The van der Waals surface area contributed by atoms with Gasteiger partial charge in [-0.05, 0) is 19.4 Å². The molecule has 3 rings (SSSR count).